The number of unbranched alkanes of at least 4 members (excludes halogenated alkanes) is 6. The Labute approximate surface area is 266 Å². The van der Waals surface area contributed by atoms with Crippen molar-refractivity contribution < 1.29 is 26.0 Å². The molecule has 0 aromatic rings. The van der Waals surface area contributed by atoms with Crippen LogP contribution in [0.2, 0.25) is 8.87 Å². The van der Waals surface area contributed by atoms with E-state index in [1.807, 2.05) is 0 Å². The maximum atomic E-state index is 13.0. The fourth-order valence-electron chi connectivity index (χ4n) is 4.44. The molecule has 0 aliphatic rings. The zero-order chi connectivity index (χ0) is 30.9. The van der Waals surface area contributed by atoms with Crippen molar-refractivity contribution in [2.24, 2.45) is 11.8 Å². The third-order valence-corrected chi connectivity index (χ3v) is 19.0. The van der Waals surface area contributed by atoms with Crippen LogP contribution in [0.1, 0.15) is 131 Å². The molecule has 0 heterocycles. The Bertz CT molecular complexity index is 596. The van der Waals surface area contributed by atoms with Gasteiger partial charge in [0.25, 0.3) is 0 Å². The summed E-state index contributed by atoms with van der Waals surface area (Å²) >= 11 is -0.691. The van der Waals surface area contributed by atoms with Gasteiger partial charge in [-0.05, 0) is 0 Å². The SMILES string of the molecule is CCC[CH2][Sn]([CH2]CCC)([O]C(=O)C(O)CCSCCCCCC(C)C)[O]C(=O)C(O)CCSCCCCCC(C)C. The summed E-state index contributed by atoms with van der Waals surface area (Å²) in [5, 5.41) is 21.2. The molecule has 2 unspecified atom stereocenters. The van der Waals surface area contributed by atoms with E-state index in [2.05, 4.69) is 41.5 Å². The average Bonchev–Trinajstić information content (AvgIpc) is 2.92. The molecule has 0 aliphatic carbocycles. The number of aliphatic hydroxyl groups is 2. The molecule has 9 heteroatoms. The van der Waals surface area contributed by atoms with Crippen molar-refractivity contribution in [2.45, 2.75) is 153 Å². The molecule has 2 atom stereocenters. The summed E-state index contributed by atoms with van der Waals surface area (Å²) in [6.45, 7) is 13.1. The molecule has 0 radical (unpaired) electrons. The van der Waals surface area contributed by atoms with Crippen molar-refractivity contribution in [3.63, 3.8) is 0 Å². The van der Waals surface area contributed by atoms with E-state index in [4.69, 9.17) is 6.15 Å². The van der Waals surface area contributed by atoms with Gasteiger partial charge in [-0.25, -0.2) is 0 Å². The molecule has 0 fully saturated rings. The summed E-state index contributed by atoms with van der Waals surface area (Å²) in [6.07, 6.45) is 11.4. The summed E-state index contributed by atoms with van der Waals surface area (Å²) < 4.78 is 13.1. The average molecular weight is 728 g/mol. The predicted octanol–water partition coefficient (Wildman–Crippen LogP) is 8.52. The van der Waals surface area contributed by atoms with Crippen molar-refractivity contribution in [3.05, 3.63) is 0 Å². The maximum absolute atomic E-state index is 13.0. The van der Waals surface area contributed by atoms with E-state index in [0.29, 0.717) is 33.2 Å². The van der Waals surface area contributed by atoms with Crippen LogP contribution in [0, 0.1) is 11.8 Å². The Morgan fingerprint density at radius 3 is 1.32 bits per heavy atom. The normalized spacial score (nSPS) is 13.5. The summed E-state index contributed by atoms with van der Waals surface area (Å²) in [7, 11) is 0. The monoisotopic (exact) mass is 728 g/mol. The van der Waals surface area contributed by atoms with Gasteiger partial charge in [0.05, 0.1) is 0 Å². The standard InChI is InChI=1S/2C12H24O3S.2C4H9.Sn/c2*1-10(2)6-4-3-5-8-16-9-7-11(13)12(14)15;2*1-3-4-2;/h2*10-11,13H,3-9H2,1-2H3,(H,14,15);2*1,3-4H2,2H3;/q;;;;+2/p-2. The predicted molar refractivity (Wildman–Crippen MR) is 180 cm³/mol. The number of carbonyl (C=O) groups excluding carboxylic acids is 2. The van der Waals surface area contributed by atoms with Crippen molar-refractivity contribution in [3.8, 4) is 0 Å². The van der Waals surface area contributed by atoms with Crippen LogP contribution < -0.4 is 0 Å². The van der Waals surface area contributed by atoms with Gasteiger partial charge in [-0.15, -0.1) is 0 Å². The summed E-state index contributed by atoms with van der Waals surface area (Å²) in [4.78, 5) is 26.0. The molecule has 244 valence electrons. The molecule has 0 aromatic carbocycles. The first kappa shape index (κ1) is 41.4. The van der Waals surface area contributed by atoms with Gasteiger partial charge in [-0.2, -0.15) is 0 Å². The van der Waals surface area contributed by atoms with Crippen LogP contribution in [0.3, 0.4) is 0 Å². The molecule has 0 aliphatic heterocycles. The van der Waals surface area contributed by atoms with Crippen molar-refractivity contribution in [2.75, 3.05) is 23.0 Å². The second-order valence-electron chi connectivity index (χ2n) is 12.3. The zero-order valence-electron chi connectivity index (χ0n) is 27.3. The van der Waals surface area contributed by atoms with Crippen molar-refractivity contribution in [1.82, 2.24) is 0 Å². The summed E-state index contributed by atoms with van der Waals surface area (Å²) in [6, 6.07) is 0. The molecule has 0 rings (SSSR count). The van der Waals surface area contributed by atoms with Crippen LogP contribution in [-0.4, -0.2) is 76.6 Å². The van der Waals surface area contributed by atoms with Gasteiger partial charge in [0.1, 0.15) is 0 Å². The van der Waals surface area contributed by atoms with Crippen LogP contribution in [0.25, 0.3) is 0 Å². The fraction of sp³-hybridized carbons (Fsp3) is 0.938. The Morgan fingerprint density at radius 1 is 0.585 bits per heavy atom. The quantitative estimate of drug-likeness (QED) is 0.0613. The molecule has 41 heavy (non-hydrogen) atoms. The topological polar surface area (TPSA) is 93.1 Å². The zero-order valence-corrected chi connectivity index (χ0v) is 31.8. The smallest absolute Gasteiger partial charge is 0.0628 e. The minimum atomic E-state index is -4.22. The van der Waals surface area contributed by atoms with Crippen LogP contribution >= 0.6 is 23.5 Å². The van der Waals surface area contributed by atoms with E-state index in [0.717, 1.165) is 61.9 Å². The number of aliphatic hydroxyl groups excluding tert-OH is 2. The Balaban J connectivity index is 4.79. The first-order chi connectivity index (χ1) is 19.6. The van der Waals surface area contributed by atoms with Gasteiger partial charge in [0.15, 0.2) is 0 Å². The molecule has 2 N–H and O–H groups in total. The van der Waals surface area contributed by atoms with Gasteiger partial charge in [0, 0.05) is 0 Å². The Kier molecular flexibility index (Phi) is 27.0. The van der Waals surface area contributed by atoms with Gasteiger partial charge in [0.2, 0.25) is 0 Å². The molecule has 6 nitrogen and oxygen atoms in total. The summed E-state index contributed by atoms with van der Waals surface area (Å²) in [5.74, 6) is 3.64. The minimum absolute atomic E-state index is 0.338. The van der Waals surface area contributed by atoms with Crippen LogP contribution in [-0.2, 0) is 15.7 Å². The molecular formula is C32H64O6S2Sn. The number of hydrogen-bond acceptors (Lipinski definition) is 8. The van der Waals surface area contributed by atoms with E-state index in [9.17, 15) is 19.8 Å². The third-order valence-electron chi connectivity index (χ3n) is 7.15. The third kappa shape index (κ3) is 23.4. The first-order valence-corrected chi connectivity index (χ1v) is 25.2. The Hall–Kier alpha value is 0.359. The Morgan fingerprint density at radius 2 is 0.976 bits per heavy atom. The van der Waals surface area contributed by atoms with Crippen molar-refractivity contribution >= 4 is 54.7 Å². The molecule has 0 saturated heterocycles. The van der Waals surface area contributed by atoms with Crippen LogP contribution in [0.5, 0.6) is 0 Å². The van der Waals surface area contributed by atoms with E-state index < -0.39 is 43.4 Å². The second-order valence-corrected chi connectivity index (χ2v) is 23.9. The van der Waals surface area contributed by atoms with Crippen LogP contribution in [0.15, 0.2) is 0 Å². The molecular weight excluding hydrogens is 663 g/mol. The molecule has 0 spiro atoms. The van der Waals surface area contributed by atoms with Crippen molar-refractivity contribution in [1.29, 1.82) is 0 Å². The number of thioether (sulfide) groups is 2. The van der Waals surface area contributed by atoms with E-state index >= 15 is 0 Å². The molecule has 0 amide bonds. The van der Waals surface area contributed by atoms with E-state index in [1.54, 1.807) is 23.5 Å². The molecule has 0 bridgehead atoms. The summed E-state index contributed by atoms with van der Waals surface area (Å²) in [5.41, 5.74) is 0. The van der Waals surface area contributed by atoms with Gasteiger partial charge in [-0.3, -0.25) is 0 Å². The van der Waals surface area contributed by atoms with Gasteiger partial charge in [-0.1, -0.05) is 27.7 Å². The first-order valence-electron chi connectivity index (χ1n) is 16.5. The minimum Gasteiger partial charge on any atom is -0.0628 e. The van der Waals surface area contributed by atoms with Gasteiger partial charge >= 0.3 is 240 Å². The van der Waals surface area contributed by atoms with Crippen LogP contribution in [0.4, 0.5) is 0 Å². The van der Waals surface area contributed by atoms with E-state index in [1.165, 1.54) is 38.5 Å². The number of hydrogen-bond donors (Lipinski definition) is 2. The molecule has 0 saturated carbocycles. The van der Waals surface area contributed by atoms with E-state index in [-0.39, 0.29) is 0 Å². The number of carbonyl (C=O) groups is 2. The van der Waals surface area contributed by atoms with Gasteiger partial charge < -0.3 is 0 Å². The fourth-order valence-corrected chi connectivity index (χ4v) is 16.4. The molecule has 0 aromatic heterocycles. The second kappa shape index (κ2) is 26.7. The number of rotatable bonds is 28.